The maximum absolute atomic E-state index is 11.1. The van der Waals surface area contributed by atoms with E-state index in [0.29, 0.717) is 6.54 Å². The Morgan fingerprint density at radius 2 is 2.18 bits per heavy atom. The lowest BCUT2D eigenvalue weighted by molar-refractivity contribution is -0.119. The molecule has 0 aliphatic carbocycles. The zero-order valence-electron chi connectivity index (χ0n) is 12.9. The molecular weight excluding hydrogens is 280 g/mol. The number of aromatic nitrogens is 4. The standard InChI is InChI=1S/C15H20N6O/c1-11-4-5-15(19-18-11)20-6-3-7-21-10-17-13(14(21)9-20)8-16-12(2)22/h4-5,10H,3,6-9H2,1-2H3,(H,16,22). The molecule has 1 aliphatic rings. The zero-order chi connectivity index (χ0) is 15.5. The third-order valence-electron chi connectivity index (χ3n) is 3.81. The maximum Gasteiger partial charge on any atom is 0.217 e. The number of nitrogens with zero attached hydrogens (tertiary/aromatic N) is 5. The maximum atomic E-state index is 11.1. The highest BCUT2D eigenvalue weighted by atomic mass is 16.1. The third kappa shape index (κ3) is 3.08. The van der Waals surface area contributed by atoms with Crippen LogP contribution < -0.4 is 10.2 Å². The average Bonchev–Trinajstić information content (AvgIpc) is 2.74. The number of rotatable bonds is 3. The van der Waals surface area contributed by atoms with Crippen molar-refractivity contribution in [1.82, 2.24) is 25.1 Å². The number of aryl methyl sites for hydroxylation is 2. The monoisotopic (exact) mass is 300 g/mol. The van der Waals surface area contributed by atoms with Crippen molar-refractivity contribution in [2.75, 3.05) is 11.4 Å². The van der Waals surface area contributed by atoms with E-state index in [1.807, 2.05) is 25.4 Å². The minimum atomic E-state index is -0.0448. The van der Waals surface area contributed by atoms with Gasteiger partial charge in [0.2, 0.25) is 5.91 Å². The number of nitrogens with one attached hydrogen (secondary N) is 1. The second kappa shape index (κ2) is 6.13. The molecule has 0 fully saturated rings. The van der Waals surface area contributed by atoms with Gasteiger partial charge in [0.1, 0.15) is 0 Å². The first-order valence-corrected chi connectivity index (χ1v) is 7.46. The van der Waals surface area contributed by atoms with Gasteiger partial charge < -0.3 is 14.8 Å². The summed E-state index contributed by atoms with van der Waals surface area (Å²) in [5.41, 5.74) is 2.96. The minimum absolute atomic E-state index is 0.0448. The van der Waals surface area contributed by atoms with Crippen LogP contribution >= 0.6 is 0 Å². The van der Waals surface area contributed by atoms with Crippen LogP contribution in [-0.4, -0.2) is 32.2 Å². The summed E-state index contributed by atoms with van der Waals surface area (Å²) in [7, 11) is 0. The molecule has 2 aromatic rings. The highest BCUT2D eigenvalue weighted by Crippen LogP contribution is 2.20. The normalized spacial score (nSPS) is 14.4. The highest BCUT2D eigenvalue weighted by Gasteiger charge is 2.19. The van der Waals surface area contributed by atoms with Crippen LogP contribution in [0.2, 0.25) is 0 Å². The van der Waals surface area contributed by atoms with Crippen molar-refractivity contribution in [1.29, 1.82) is 0 Å². The van der Waals surface area contributed by atoms with E-state index in [4.69, 9.17) is 0 Å². The van der Waals surface area contributed by atoms with Gasteiger partial charge in [0.25, 0.3) is 0 Å². The van der Waals surface area contributed by atoms with Gasteiger partial charge in [0.05, 0.1) is 36.5 Å². The minimum Gasteiger partial charge on any atom is -0.351 e. The van der Waals surface area contributed by atoms with Crippen LogP contribution in [0.15, 0.2) is 18.5 Å². The molecule has 0 saturated carbocycles. The first-order valence-electron chi connectivity index (χ1n) is 7.46. The van der Waals surface area contributed by atoms with Crippen LogP contribution in [0, 0.1) is 6.92 Å². The molecule has 0 radical (unpaired) electrons. The van der Waals surface area contributed by atoms with E-state index in [-0.39, 0.29) is 5.91 Å². The summed E-state index contributed by atoms with van der Waals surface area (Å²) in [6.45, 7) is 6.50. The molecule has 0 saturated heterocycles. The Morgan fingerprint density at radius 1 is 1.32 bits per heavy atom. The van der Waals surface area contributed by atoms with Gasteiger partial charge in [-0.2, -0.15) is 5.10 Å². The lowest BCUT2D eigenvalue weighted by atomic mass is 10.3. The van der Waals surface area contributed by atoms with Crippen LogP contribution in [0.4, 0.5) is 5.82 Å². The summed E-state index contributed by atoms with van der Waals surface area (Å²) in [5, 5.41) is 11.2. The van der Waals surface area contributed by atoms with Crippen molar-refractivity contribution in [2.24, 2.45) is 0 Å². The second-order valence-corrected chi connectivity index (χ2v) is 5.55. The van der Waals surface area contributed by atoms with Gasteiger partial charge in [-0.15, -0.1) is 5.10 Å². The average molecular weight is 300 g/mol. The van der Waals surface area contributed by atoms with Gasteiger partial charge in [-0.1, -0.05) is 0 Å². The van der Waals surface area contributed by atoms with Crippen molar-refractivity contribution in [3.8, 4) is 0 Å². The van der Waals surface area contributed by atoms with Gasteiger partial charge in [0.15, 0.2) is 5.82 Å². The van der Waals surface area contributed by atoms with E-state index in [9.17, 15) is 4.79 Å². The van der Waals surface area contributed by atoms with Crippen LogP contribution in [-0.2, 0) is 24.4 Å². The molecule has 2 aromatic heterocycles. The molecule has 1 N–H and O–H groups in total. The van der Waals surface area contributed by atoms with E-state index in [1.54, 1.807) is 0 Å². The lowest BCUT2D eigenvalue weighted by Crippen LogP contribution is -2.26. The fourth-order valence-corrected chi connectivity index (χ4v) is 2.63. The summed E-state index contributed by atoms with van der Waals surface area (Å²) in [5.74, 6) is 0.836. The van der Waals surface area contributed by atoms with Gasteiger partial charge in [-0.3, -0.25) is 4.79 Å². The first-order chi connectivity index (χ1) is 10.6. The van der Waals surface area contributed by atoms with E-state index < -0.39 is 0 Å². The number of carbonyl (C=O) groups excluding carboxylic acids is 1. The van der Waals surface area contributed by atoms with Crippen LogP contribution in [0.25, 0.3) is 0 Å². The molecule has 7 heteroatoms. The largest absolute Gasteiger partial charge is 0.351 e. The predicted molar refractivity (Wildman–Crippen MR) is 82.2 cm³/mol. The topological polar surface area (TPSA) is 75.9 Å². The summed E-state index contributed by atoms with van der Waals surface area (Å²) in [6, 6.07) is 3.98. The molecule has 0 spiro atoms. The molecule has 3 heterocycles. The van der Waals surface area contributed by atoms with E-state index >= 15 is 0 Å². The molecular formula is C15H20N6O. The number of hydrogen-bond donors (Lipinski definition) is 1. The van der Waals surface area contributed by atoms with E-state index in [2.05, 4.69) is 30.0 Å². The molecule has 1 aliphatic heterocycles. The molecule has 0 bridgehead atoms. The molecule has 7 nitrogen and oxygen atoms in total. The number of hydrogen-bond acceptors (Lipinski definition) is 5. The Hall–Kier alpha value is -2.44. The Bertz CT molecular complexity index is 663. The van der Waals surface area contributed by atoms with Crippen LogP contribution in [0.3, 0.4) is 0 Å². The van der Waals surface area contributed by atoms with Gasteiger partial charge in [0, 0.05) is 20.0 Å². The number of amides is 1. The summed E-state index contributed by atoms with van der Waals surface area (Å²) >= 11 is 0. The quantitative estimate of drug-likeness (QED) is 0.916. The molecule has 0 aromatic carbocycles. The predicted octanol–water partition coefficient (Wildman–Crippen LogP) is 1.03. The first kappa shape index (κ1) is 14.5. The Morgan fingerprint density at radius 3 is 2.91 bits per heavy atom. The molecule has 3 rings (SSSR count). The molecule has 0 atom stereocenters. The number of anilines is 1. The van der Waals surface area contributed by atoms with Crippen molar-refractivity contribution in [3.63, 3.8) is 0 Å². The fraction of sp³-hybridized carbons (Fsp3) is 0.467. The Kier molecular flexibility index (Phi) is 4.04. The highest BCUT2D eigenvalue weighted by molar-refractivity contribution is 5.72. The summed E-state index contributed by atoms with van der Waals surface area (Å²) < 4.78 is 2.17. The van der Waals surface area contributed by atoms with E-state index in [0.717, 1.165) is 49.0 Å². The molecule has 22 heavy (non-hydrogen) atoms. The third-order valence-corrected chi connectivity index (χ3v) is 3.81. The van der Waals surface area contributed by atoms with Crippen LogP contribution in [0.5, 0.6) is 0 Å². The Balaban J connectivity index is 1.83. The van der Waals surface area contributed by atoms with Crippen molar-refractivity contribution >= 4 is 11.7 Å². The Labute approximate surface area is 129 Å². The van der Waals surface area contributed by atoms with Gasteiger partial charge in [-0.05, 0) is 25.5 Å². The van der Waals surface area contributed by atoms with Crippen molar-refractivity contribution in [3.05, 3.63) is 35.5 Å². The van der Waals surface area contributed by atoms with Gasteiger partial charge >= 0.3 is 0 Å². The molecule has 116 valence electrons. The lowest BCUT2D eigenvalue weighted by Gasteiger charge is -2.21. The zero-order valence-corrected chi connectivity index (χ0v) is 12.9. The smallest absolute Gasteiger partial charge is 0.217 e. The van der Waals surface area contributed by atoms with Gasteiger partial charge in [-0.25, -0.2) is 4.98 Å². The van der Waals surface area contributed by atoms with E-state index in [1.165, 1.54) is 6.92 Å². The number of fused-ring (bicyclic) bond motifs is 1. The summed E-state index contributed by atoms with van der Waals surface area (Å²) in [4.78, 5) is 17.8. The van der Waals surface area contributed by atoms with Crippen molar-refractivity contribution in [2.45, 2.75) is 39.9 Å². The second-order valence-electron chi connectivity index (χ2n) is 5.55. The summed E-state index contributed by atoms with van der Waals surface area (Å²) in [6.07, 6.45) is 2.88. The number of carbonyl (C=O) groups is 1. The molecule has 1 amide bonds. The van der Waals surface area contributed by atoms with Crippen molar-refractivity contribution < 1.29 is 4.79 Å². The number of imidazole rings is 1. The molecule has 0 unspecified atom stereocenters. The SMILES string of the molecule is CC(=O)NCc1ncn2c1CN(c1ccc(C)nn1)CCC2. The van der Waals surface area contributed by atoms with Crippen LogP contribution in [0.1, 0.15) is 30.4 Å². The fourth-order valence-electron chi connectivity index (χ4n) is 2.63.